The Morgan fingerprint density at radius 2 is 1.75 bits per heavy atom. The monoisotopic (exact) mass is 386 g/mol. The van der Waals surface area contributed by atoms with Crippen LogP contribution in [-0.2, 0) is 21.4 Å². The Labute approximate surface area is 151 Å². The molecule has 0 aromatic heterocycles. The summed E-state index contributed by atoms with van der Waals surface area (Å²) in [7, 11) is -3.62. The molecule has 0 unspecified atom stereocenters. The van der Waals surface area contributed by atoms with Gasteiger partial charge in [-0.3, -0.25) is 9.10 Å². The molecule has 128 valence electrons. The van der Waals surface area contributed by atoms with Gasteiger partial charge in [0.05, 0.1) is 11.9 Å². The normalized spacial score (nSPS) is 11.1. The van der Waals surface area contributed by atoms with Crippen LogP contribution in [-0.4, -0.2) is 27.1 Å². The first-order chi connectivity index (χ1) is 11.3. The van der Waals surface area contributed by atoms with Crippen LogP contribution in [0.5, 0.6) is 0 Å². The van der Waals surface area contributed by atoms with Crippen molar-refractivity contribution < 1.29 is 13.2 Å². The van der Waals surface area contributed by atoms with Gasteiger partial charge in [-0.05, 0) is 35.9 Å². The second-order valence-electron chi connectivity index (χ2n) is 5.15. The Bertz CT molecular complexity index is 823. The summed E-state index contributed by atoms with van der Waals surface area (Å²) in [5, 5.41) is 3.68. The number of hydrogen-bond donors (Lipinski definition) is 1. The fourth-order valence-corrected chi connectivity index (χ4v) is 3.18. The van der Waals surface area contributed by atoms with Gasteiger partial charge in [-0.15, -0.1) is 0 Å². The number of carbonyl (C=O) groups excluding carboxylic acids is 1. The average molecular weight is 387 g/mol. The van der Waals surface area contributed by atoms with E-state index in [1.54, 1.807) is 42.5 Å². The van der Waals surface area contributed by atoms with Crippen LogP contribution in [0.1, 0.15) is 5.56 Å². The van der Waals surface area contributed by atoms with Gasteiger partial charge in [0.15, 0.2) is 0 Å². The number of rotatable bonds is 6. The number of benzene rings is 2. The van der Waals surface area contributed by atoms with Gasteiger partial charge in [0, 0.05) is 16.6 Å². The molecular formula is C16H16Cl2N2O3S. The summed E-state index contributed by atoms with van der Waals surface area (Å²) in [6.07, 6.45) is 1.04. The number of anilines is 1. The maximum Gasteiger partial charge on any atom is 0.241 e. The smallest absolute Gasteiger partial charge is 0.241 e. The first-order valence-electron chi connectivity index (χ1n) is 7.00. The van der Waals surface area contributed by atoms with Crippen LogP contribution in [0.25, 0.3) is 0 Å². The maximum atomic E-state index is 12.1. The standard InChI is InChI=1S/C16H16Cl2N2O3S/c1-24(22,23)20(15-4-2-3-14(18)9-15)11-16(21)19-10-12-5-7-13(17)8-6-12/h2-9H,10-11H2,1H3,(H,19,21). The Balaban J connectivity index is 2.06. The van der Waals surface area contributed by atoms with Crippen LogP contribution in [0.15, 0.2) is 48.5 Å². The highest BCUT2D eigenvalue weighted by Crippen LogP contribution is 2.21. The van der Waals surface area contributed by atoms with E-state index in [9.17, 15) is 13.2 Å². The third-order valence-corrected chi connectivity index (χ3v) is 4.81. The van der Waals surface area contributed by atoms with Crippen molar-refractivity contribution in [3.63, 3.8) is 0 Å². The second kappa shape index (κ2) is 7.88. The average Bonchev–Trinajstić information content (AvgIpc) is 2.51. The van der Waals surface area contributed by atoms with Gasteiger partial charge in [-0.2, -0.15) is 0 Å². The first kappa shape index (κ1) is 18.6. The number of hydrogen-bond acceptors (Lipinski definition) is 3. The predicted molar refractivity (Wildman–Crippen MR) is 96.9 cm³/mol. The van der Waals surface area contributed by atoms with E-state index in [0.29, 0.717) is 15.7 Å². The van der Waals surface area contributed by atoms with Crippen molar-refractivity contribution in [2.45, 2.75) is 6.54 Å². The fourth-order valence-electron chi connectivity index (χ4n) is 2.02. The van der Waals surface area contributed by atoms with Crippen LogP contribution in [0.3, 0.4) is 0 Å². The molecule has 0 aliphatic heterocycles. The minimum atomic E-state index is -3.62. The summed E-state index contributed by atoms with van der Waals surface area (Å²) in [5.74, 6) is -0.421. The van der Waals surface area contributed by atoms with Gasteiger partial charge in [0.25, 0.3) is 0 Å². The third kappa shape index (κ3) is 5.40. The molecule has 0 radical (unpaired) electrons. The lowest BCUT2D eigenvalue weighted by molar-refractivity contribution is -0.119. The Hall–Kier alpha value is -1.76. The summed E-state index contributed by atoms with van der Waals surface area (Å²) in [6.45, 7) is -0.0457. The molecule has 5 nitrogen and oxygen atoms in total. The molecule has 0 saturated heterocycles. The predicted octanol–water partition coefficient (Wildman–Crippen LogP) is 3.08. The van der Waals surface area contributed by atoms with Gasteiger partial charge in [0.1, 0.15) is 6.54 Å². The Morgan fingerprint density at radius 1 is 1.08 bits per heavy atom. The first-order valence-corrected chi connectivity index (χ1v) is 9.60. The maximum absolute atomic E-state index is 12.1. The van der Waals surface area contributed by atoms with Crippen molar-refractivity contribution in [3.8, 4) is 0 Å². The second-order valence-corrected chi connectivity index (χ2v) is 7.93. The van der Waals surface area contributed by atoms with E-state index in [1.807, 2.05) is 0 Å². The van der Waals surface area contributed by atoms with Gasteiger partial charge in [0.2, 0.25) is 15.9 Å². The van der Waals surface area contributed by atoms with Crippen molar-refractivity contribution in [3.05, 3.63) is 64.1 Å². The number of halogens is 2. The highest BCUT2D eigenvalue weighted by Gasteiger charge is 2.20. The Kier molecular flexibility index (Phi) is 6.10. The highest BCUT2D eigenvalue weighted by atomic mass is 35.5. The minimum Gasteiger partial charge on any atom is -0.350 e. The molecule has 0 aliphatic carbocycles. The summed E-state index contributed by atoms with van der Waals surface area (Å²) in [5.41, 5.74) is 1.20. The number of amides is 1. The molecule has 0 atom stereocenters. The number of nitrogens with one attached hydrogen (secondary N) is 1. The molecule has 1 amide bonds. The lowest BCUT2D eigenvalue weighted by atomic mass is 10.2. The molecule has 2 aromatic carbocycles. The topological polar surface area (TPSA) is 66.5 Å². The zero-order chi connectivity index (χ0) is 17.7. The zero-order valence-corrected chi connectivity index (χ0v) is 15.2. The van der Waals surface area contributed by atoms with E-state index in [0.717, 1.165) is 16.1 Å². The van der Waals surface area contributed by atoms with Crippen molar-refractivity contribution in [1.82, 2.24) is 5.32 Å². The van der Waals surface area contributed by atoms with E-state index in [2.05, 4.69) is 5.32 Å². The quantitative estimate of drug-likeness (QED) is 0.829. The van der Waals surface area contributed by atoms with Crippen molar-refractivity contribution in [2.24, 2.45) is 0 Å². The largest absolute Gasteiger partial charge is 0.350 e. The number of carbonyl (C=O) groups is 1. The SMILES string of the molecule is CS(=O)(=O)N(CC(=O)NCc1ccc(Cl)cc1)c1cccc(Cl)c1. The van der Waals surface area contributed by atoms with Crippen molar-refractivity contribution in [2.75, 3.05) is 17.1 Å². The summed E-state index contributed by atoms with van der Waals surface area (Å²) in [4.78, 5) is 12.1. The summed E-state index contributed by atoms with van der Waals surface area (Å²) < 4.78 is 25.0. The molecular weight excluding hydrogens is 371 g/mol. The van der Waals surface area contributed by atoms with Crippen LogP contribution in [0.4, 0.5) is 5.69 Å². The molecule has 0 bridgehead atoms. The molecule has 0 spiro atoms. The van der Waals surface area contributed by atoms with Gasteiger partial charge in [-0.25, -0.2) is 8.42 Å². The van der Waals surface area contributed by atoms with E-state index in [4.69, 9.17) is 23.2 Å². The molecule has 0 heterocycles. The lowest BCUT2D eigenvalue weighted by Gasteiger charge is -2.22. The minimum absolute atomic E-state index is 0.281. The lowest BCUT2D eigenvalue weighted by Crippen LogP contribution is -2.40. The molecule has 1 N–H and O–H groups in total. The highest BCUT2D eigenvalue weighted by molar-refractivity contribution is 7.92. The van der Waals surface area contributed by atoms with Crippen LogP contribution in [0, 0.1) is 0 Å². The van der Waals surface area contributed by atoms with Crippen LogP contribution < -0.4 is 9.62 Å². The Morgan fingerprint density at radius 3 is 2.33 bits per heavy atom. The van der Waals surface area contributed by atoms with Crippen LogP contribution in [0.2, 0.25) is 10.0 Å². The van der Waals surface area contributed by atoms with Crippen molar-refractivity contribution in [1.29, 1.82) is 0 Å². The molecule has 0 aliphatic rings. The van der Waals surface area contributed by atoms with Gasteiger partial charge in [-0.1, -0.05) is 41.4 Å². The summed E-state index contributed by atoms with van der Waals surface area (Å²) in [6, 6.07) is 13.3. The van der Waals surface area contributed by atoms with E-state index < -0.39 is 15.9 Å². The van der Waals surface area contributed by atoms with Crippen molar-refractivity contribution >= 4 is 44.8 Å². The van der Waals surface area contributed by atoms with Gasteiger partial charge < -0.3 is 5.32 Å². The van der Waals surface area contributed by atoms with Crippen LogP contribution >= 0.6 is 23.2 Å². The molecule has 2 rings (SSSR count). The molecule has 0 fully saturated rings. The number of sulfonamides is 1. The summed E-state index contributed by atoms with van der Waals surface area (Å²) >= 11 is 11.7. The fraction of sp³-hybridized carbons (Fsp3) is 0.188. The molecule has 2 aromatic rings. The molecule has 24 heavy (non-hydrogen) atoms. The molecule has 0 saturated carbocycles. The van der Waals surface area contributed by atoms with Gasteiger partial charge >= 0.3 is 0 Å². The molecule has 8 heteroatoms. The third-order valence-electron chi connectivity index (χ3n) is 3.19. The number of nitrogens with zero attached hydrogens (tertiary/aromatic N) is 1. The van der Waals surface area contributed by atoms with E-state index in [1.165, 1.54) is 6.07 Å². The zero-order valence-electron chi connectivity index (χ0n) is 12.9. The van der Waals surface area contributed by atoms with E-state index in [-0.39, 0.29) is 13.1 Å². The van der Waals surface area contributed by atoms with E-state index >= 15 is 0 Å².